The van der Waals surface area contributed by atoms with E-state index in [1.807, 2.05) is 24.3 Å². The van der Waals surface area contributed by atoms with Crippen LogP contribution in [-0.4, -0.2) is 17.8 Å². The largest absolute Gasteiger partial charge is 0.421 e. The Balaban J connectivity index is 1.30. The van der Waals surface area contributed by atoms with E-state index in [9.17, 15) is 14.4 Å². The van der Waals surface area contributed by atoms with Crippen LogP contribution in [-0.2, 0) is 9.59 Å². The maximum Gasteiger partial charge on any atom is 0.345 e. The summed E-state index contributed by atoms with van der Waals surface area (Å²) >= 11 is 12.2. The van der Waals surface area contributed by atoms with Crippen molar-refractivity contribution in [3.8, 4) is 5.75 Å². The van der Waals surface area contributed by atoms with E-state index in [0.717, 1.165) is 22.3 Å². The van der Waals surface area contributed by atoms with E-state index in [-0.39, 0.29) is 45.7 Å². The normalized spacial score (nSPS) is 22.6. The lowest BCUT2D eigenvalue weighted by molar-refractivity contribution is -0.122. The average molecular weight is 540 g/mol. The Morgan fingerprint density at radius 1 is 0.684 bits per heavy atom. The molecule has 3 aliphatic carbocycles. The van der Waals surface area contributed by atoms with Gasteiger partial charge in [-0.1, -0.05) is 83.9 Å². The molecule has 4 aromatic rings. The number of hydrogen-bond donors (Lipinski definition) is 0. The Morgan fingerprint density at radius 2 is 1.18 bits per heavy atom. The molecule has 1 heterocycles. The van der Waals surface area contributed by atoms with E-state index in [2.05, 4.69) is 24.3 Å². The van der Waals surface area contributed by atoms with E-state index >= 15 is 0 Å². The molecule has 0 spiro atoms. The lowest BCUT2D eigenvalue weighted by atomic mass is 9.55. The molecule has 1 aliphatic heterocycles. The fraction of sp³-hybridized carbons (Fsp3) is 0.129. The minimum Gasteiger partial charge on any atom is -0.421 e. The zero-order chi connectivity index (χ0) is 26.1. The van der Waals surface area contributed by atoms with Crippen LogP contribution in [0.5, 0.6) is 5.75 Å². The number of carbonyl (C=O) groups is 3. The van der Waals surface area contributed by atoms with Crippen LogP contribution in [0.25, 0.3) is 0 Å². The molecular formula is C31H19Cl2NO4. The minimum absolute atomic E-state index is 0.103. The smallest absolute Gasteiger partial charge is 0.345 e. The van der Waals surface area contributed by atoms with Crippen molar-refractivity contribution in [1.29, 1.82) is 0 Å². The van der Waals surface area contributed by atoms with Gasteiger partial charge in [-0.2, -0.15) is 0 Å². The number of nitrogens with zero attached hydrogens (tertiary/aromatic N) is 1. The molecule has 186 valence electrons. The van der Waals surface area contributed by atoms with Gasteiger partial charge in [0.05, 0.1) is 28.1 Å². The molecule has 1 saturated heterocycles. The first kappa shape index (κ1) is 23.2. The maximum absolute atomic E-state index is 14.1. The highest BCUT2D eigenvalue weighted by Gasteiger charge is 2.62. The van der Waals surface area contributed by atoms with Crippen molar-refractivity contribution < 1.29 is 19.1 Å². The summed E-state index contributed by atoms with van der Waals surface area (Å²) in [7, 11) is 0. The number of ether oxygens (including phenoxy) is 1. The van der Waals surface area contributed by atoms with Crippen LogP contribution < -0.4 is 9.64 Å². The highest BCUT2D eigenvalue weighted by Crippen LogP contribution is 2.61. The minimum atomic E-state index is -0.712. The third-order valence-corrected chi connectivity index (χ3v) is 8.46. The van der Waals surface area contributed by atoms with E-state index in [4.69, 9.17) is 27.9 Å². The summed E-state index contributed by atoms with van der Waals surface area (Å²) in [6.07, 6.45) is 0. The summed E-state index contributed by atoms with van der Waals surface area (Å²) in [6, 6.07) is 27.2. The molecule has 0 aromatic heterocycles. The SMILES string of the molecule is O=C(Oc1ccccc1N1C(=O)[C@@H]2C3c4ccccc4C(c4ccccc43)[C@@H]2C1=O)c1ccc(Cl)cc1Cl. The molecule has 2 bridgehead atoms. The molecule has 2 amide bonds. The van der Waals surface area contributed by atoms with Crippen LogP contribution in [0.15, 0.2) is 91.0 Å². The van der Waals surface area contributed by atoms with Crippen LogP contribution in [0.1, 0.15) is 44.4 Å². The predicted octanol–water partition coefficient (Wildman–Crippen LogP) is 6.61. The van der Waals surface area contributed by atoms with Gasteiger partial charge in [0.2, 0.25) is 11.8 Å². The van der Waals surface area contributed by atoms with Gasteiger partial charge in [0.25, 0.3) is 0 Å². The summed E-state index contributed by atoms with van der Waals surface area (Å²) in [6.45, 7) is 0. The van der Waals surface area contributed by atoms with Crippen molar-refractivity contribution >= 4 is 46.7 Å². The number of para-hydroxylation sites is 2. The van der Waals surface area contributed by atoms with E-state index in [1.165, 1.54) is 17.0 Å². The van der Waals surface area contributed by atoms with E-state index < -0.39 is 17.8 Å². The quantitative estimate of drug-likeness (QED) is 0.167. The summed E-state index contributed by atoms with van der Waals surface area (Å²) in [5.41, 5.74) is 4.75. The summed E-state index contributed by atoms with van der Waals surface area (Å²) in [4.78, 5) is 42.4. The second-order valence-corrected chi connectivity index (χ2v) is 10.6. The lowest BCUT2D eigenvalue weighted by Crippen LogP contribution is -2.41. The fourth-order valence-electron chi connectivity index (χ4n) is 6.45. The molecule has 38 heavy (non-hydrogen) atoms. The zero-order valence-corrected chi connectivity index (χ0v) is 21.3. The highest BCUT2D eigenvalue weighted by molar-refractivity contribution is 6.36. The van der Waals surface area contributed by atoms with Crippen molar-refractivity contribution in [2.45, 2.75) is 11.8 Å². The van der Waals surface area contributed by atoms with E-state index in [0.29, 0.717) is 5.02 Å². The van der Waals surface area contributed by atoms with Gasteiger partial charge in [-0.25, -0.2) is 9.69 Å². The molecule has 5 nitrogen and oxygen atoms in total. The molecule has 0 radical (unpaired) electrons. The van der Waals surface area contributed by atoms with E-state index in [1.54, 1.807) is 30.3 Å². The van der Waals surface area contributed by atoms with Crippen LogP contribution in [0.3, 0.4) is 0 Å². The van der Waals surface area contributed by atoms with Gasteiger partial charge in [-0.05, 0) is 52.6 Å². The number of halogens is 2. The Kier molecular flexibility index (Phi) is 5.22. The van der Waals surface area contributed by atoms with Gasteiger partial charge in [0.1, 0.15) is 0 Å². The first-order valence-electron chi connectivity index (χ1n) is 12.3. The van der Waals surface area contributed by atoms with Crippen molar-refractivity contribution in [3.05, 3.63) is 129 Å². The Bertz CT molecular complexity index is 1570. The number of hydrogen-bond acceptors (Lipinski definition) is 4. The second-order valence-electron chi connectivity index (χ2n) is 9.76. The predicted molar refractivity (Wildman–Crippen MR) is 144 cm³/mol. The zero-order valence-electron chi connectivity index (χ0n) is 19.8. The third kappa shape index (κ3) is 3.22. The van der Waals surface area contributed by atoms with Gasteiger partial charge in [0.15, 0.2) is 5.75 Å². The number of amides is 2. The Labute approximate surface area is 228 Å². The number of imide groups is 1. The van der Waals surface area contributed by atoms with Crippen molar-refractivity contribution in [1.82, 2.24) is 0 Å². The highest BCUT2D eigenvalue weighted by atomic mass is 35.5. The molecule has 7 heteroatoms. The number of benzene rings is 4. The van der Waals surface area contributed by atoms with Gasteiger partial charge in [-0.15, -0.1) is 0 Å². The summed E-state index contributed by atoms with van der Waals surface area (Å²) < 4.78 is 5.70. The molecular weight excluding hydrogens is 521 g/mol. The lowest BCUT2D eigenvalue weighted by Gasteiger charge is -2.45. The van der Waals surface area contributed by atoms with Crippen LogP contribution >= 0.6 is 23.2 Å². The van der Waals surface area contributed by atoms with Crippen molar-refractivity contribution in [2.75, 3.05) is 4.90 Å². The monoisotopic (exact) mass is 539 g/mol. The summed E-state index contributed by atoms with van der Waals surface area (Å²) in [5.74, 6) is -2.69. The number of rotatable bonds is 3. The average Bonchev–Trinajstić information content (AvgIpc) is 3.19. The second kappa shape index (κ2) is 8.55. The third-order valence-electron chi connectivity index (χ3n) is 7.91. The number of esters is 1. The first-order valence-corrected chi connectivity index (χ1v) is 13.0. The molecule has 4 aromatic carbocycles. The summed E-state index contributed by atoms with van der Waals surface area (Å²) in [5, 5.41) is 0.533. The molecule has 0 saturated carbocycles. The van der Waals surface area contributed by atoms with Crippen molar-refractivity contribution in [3.63, 3.8) is 0 Å². The Morgan fingerprint density at radius 3 is 1.71 bits per heavy atom. The number of carbonyl (C=O) groups excluding carboxylic acids is 3. The van der Waals surface area contributed by atoms with Gasteiger partial charge >= 0.3 is 5.97 Å². The van der Waals surface area contributed by atoms with Crippen LogP contribution in [0.2, 0.25) is 10.0 Å². The molecule has 8 rings (SSSR count). The Hall–Kier alpha value is -3.93. The van der Waals surface area contributed by atoms with Gasteiger partial charge in [-0.3, -0.25) is 9.59 Å². The van der Waals surface area contributed by atoms with Crippen LogP contribution in [0, 0.1) is 11.8 Å². The van der Waals surface area contributed by atoms with Gasteiger partial charge in [0, 0.05) is 16.9 Å². The molecule has 0 unspecified atom stereocenters. The fourth-order valence-corrected chi connectivity index (χ4v) is 6.94. The molecule has 4 aliphatic rings. The molecule has 1 fully saturated rings. The van der Waals surface area contributed by atoms with Crippen LogP contribution in [0.4, 0.5) is 5.69 Å². The standard InChI is InChI=1S/C31H19Cl2NO4/c32-16-13-14-21(22(33)15-16)31(37)38-24-12-6-5-11-23(24)34-29(35)27-25-17-7-1-2-8-18(17)26(28(27)30(34)36)20-10-4-3-9-19(20)25/h1-15,25-28H/t25?,26?,27-,28+. The topological polar surface area (TPSA) is 63.7 Å². The molecule has 0 N–H and O–H groups in total. The number of anilines is 1. The first-order chi connectivity index (χ1) is 18.5. The van der Waals surface area contributed by atoms with Gasteiger partial charge < -0.3 is 4.74 Å². The molecule has 2 atom stereocenters. The maximum atomic E-state index is 14.1. The van der Waals surface area contributed by atoms with Crippen molar-refractivity contribution in [2.24, 2.45) is 11.8 Å².